The molecule has 0 aromatic heterocycles. The zero-order valence-corrected chi connectivity index (χ0v) is 11.5. The van der Waals surface area contributed by atoms with Gasteiger partial charge in [0.15, 0.2) is 6.61 Å². The molecule has 1 atom stereocenters. The highest BCUT2D eigenvalue weighted by molar-refractivity contribution is 5.77. The third-order valence-electron chi connectivity index (χ3n) is 3.33. The van der Waals surface area contributed by atoms with Crippen LogP contribution in [0.4, 0.5) is 0 Å². The van der Waals surface area contributed by atoms with Gasteiger partial charge < -0.3 is 14.8 Å². The van der Waals surface area contributed by atoms with Crippen molar-refractivity contribution in [3.05, 3.63) is 29.8 Å². The normalized spacial score (nSPS) is 21.2. The van der Waals surface area contributed by atoms with Crippen LogP contribution in [0.2, 0.25) is 0 Å². The van der Waals surface area contributed by atoms with Gasteiger partial charge in [-0.05, 0) is 31.9 Å². The van der Waals surface area contributed by atoms with Gasteiger partial charge in [0, 0.05) is 13.2 Å². The highest BCUT2D eigenvalue weighted by Gasteiger charge is 2.29. The van der Waals surface area contributed by atoms with Crippen LogP contribution in [0.5, 0.6) is 5.75 Å². The Morgan fingerprint density at radius 2 is 2.35 bits per heavy atom. The minimum Gasteiger partial charge on any atom is -0.482 e. The van der Waals surface area contributed by atoms with Crippen molar-refractivity contribution in [1.82, 2.24) is 5.32 Å². The van der Waals surface area contributed by atoms with Gasteiger partial charge in [0.2, 0.25) is 0 Å². The highest BCUT2D eigenvalue weighted by atomic mass is 16.5. The van der Waals surface area contributed by atoms with E-state index in [1.165, 1.54) is 0 Å². The maximum Gasteiger partial charge on any atom is 0.258 e. The fourth-order valence-electron chi connectivity index (χ4n) is 2.14. The molecule has 1 unspecified atom stereocenters. The van der Waals surface area contributed by atoms with Crippen molar-refractivity contribution in [3.63, 3.8) is 0 Å². The summed E-state index contributed by atoms with van der Waals surface area (Å²) in [6.45, 7) is 3.12. The second kappa shape index (κ2) is 6.40. The largest absolute Gasteiger partial charge is 0.482 e. The molecule has 0 aliphatic carbocycles. The number of nitriles is 1. The van der Waals surface area contributed by atoms with E-state index in [-0.39, 0.29) is 18.1 Å². The van der Waals surface area contributed by atoms with E-state index in [1.54, 1.807) is 24.3 Å². The fraction of sp³-hybridized carbons (Fsp3) is 0.467. The van der Waals surface area contributed by atoms with E-state index in [1.807, 2.05) is 13.0 Å². The Labute approximate surface area is 118 Å². The number of rotatable bonds is 5. The zero-order chi connectivity index (χ0) is 14.4. The molecule has 1 aromatic carbocycles. The molecule has 1 aromatic rings. The van der Waals surface area contributed by atoms with Crippen LogP contribution in [0.1, 0.15) is 25.3 Å². The molecule has 1 aliphatic rings. The Balaban J connectivity index is 1.79. The molecule has 1 N–H and O–H groups in total. The van der Waals surface area contributed by atoms with Gasteiger partial charge in [-0.25, -0.2) is 0 Å². The van der Waals surface area contributed by atoms with Crippen molar-refractivity contribution < 1.29 is 14.3 Å². The molecule has 0 radical (unpaired) electrons. The Hall–Kier alpha value is -2.06. The summed E-state index contributed by atoms with van der Waals surface area (Å²) in [6, 6.07) is 8.87. The molecule has 1 amide bonds. The quantitative estimate of drug-likeness (QED) is 0.885. The molecule has 5 nitrogen and oxygen atoms in total. The zero-order valence-electron chi connectivity index (χ0n) is 11.5. The summed E-state index contributed by atoms with van der Waals surface area (Å²) in [6.07, 6.45) is 1.98. The molecular weight excluding hydrogens is 256 g/mol. The Morgan fingerprint density at radius 1 is 1.55 bits per heavy atom. The van der Waals surface area contributed by atoms with Gasteiger partial charge in [-0.15, -0.1) is 0 Å². The van der Waals surface area contributed by atoms with E-state index in [9.17, 15) is 4.79 Å². The van der Waals surface area contributed by atoms with E-state index in [4.69, 9.17) is 14.7 Å². The number of hydrogen-bond donors (Lipinski definition) is 1. The molecule has 1 saturated heterocycles. The number of para-hydroxylation sites is 1. The number of hydrogen-bond acceptors (Lipinski definition) is 4. The van der Waals surface area contributed by atoms with Gasteiger partial charge in [0.25, 0.3) is 5.91 Å². The van der Waals surface area contributed by atoms with Crippen LogP contribution in [-0.2, 0) is 9.53 Å². The van der Waals surface area contributed by atoms with Crippen LogP contribution in [-0.4, -0.2) is 31.3 Å². The molecular formula is C15H18N2O3. The lowest BCUT2D eigenvalue weighted by Crippen LogP contribution is -2.41. The van der Waals surface area contributed by atoms with Crippen molar-refractivity contribution in [3.8, 4) is 11.8 Å². The summed E-state index contributed by atoms with van der Waals surface area (Å²) in [5, 5.41) is 11.7. The van der Waals surface area contributed by atoms with Gasteiger partial charge in [0.1, 0.15) is 11.8 Å². The lowest BCUT2D eigenvalue weighted by molar-refractivity contribution is -0.124. The molecule has 0 saturated carbocycles. The molecule has 5 heteroatoms. The third-order valence-corrected chi connectivity index (χ3v) is 3.33. The summed E-state index contributed by atoms with van der Waals surface area (Å²) >= 11 is 0. The molecule has 106 valence electrons. The number of amides is 1. The Kier molecular flexibility index (Phi) is 4.59. The predicted octanol–water partition coefficient (Wildman–Crippen LogP) is 1.62. The number of ether oxygens (including phenoxy) is 2. The number of benzene rings is 1. The molecule has 0 bridgehead atoms. The molecule has 20 heavy (non-hydrogen) atoms. The molecule has 1 fully saturated rings. The minimum absolute atomic E-state index is 0.102. The van der Waals surface area contributed by atoms with E-state index >= 15 is 0 Å². The van der Waals surface area contributed by atoms with Crippen LogP contribution in [0, 0.1) is 11.3 Å². The highest BCUT2D eigenvalue weighted by Crippen LogP contribution is 2.23. The molecule has 2 rings (SSSR count). The maximum atomic E-state index is 11.7. The van der Waals surface area contributed by atoms with E-state index in [2.05, 4.69) is 5.32 Å². The van der Waals surface area contributed by atoms with Crippen LogP contribution in [0.3, 0.4) is 0 Å². The first-order valence-electron chi connectivity index (χ1n) is 6.65. The summed E-state index contributed by atoms with van der Waals surface area (Å²) < 4.78 is 11.0. The van der Waals surface area contributed by atoms with E-state index in [0.717, 1.165) is 19.4 Å². The second-order valence-electron chi connectivity index (χ2n) is 5.08. The molecule has 1 aliphatic heterocycles. The van der Waals surface area contributed by atoms with Crippen LogP contribution in [0.25, 0.3) is 0 Å². The third kappa shape index (κ3) is 3.72. The van der Waals surface area contributed by atoms with E-state index in [0.29, 0.717) is 17.9 Å². The maximum absolute atomic E-state index is 11.7. The van der Waals surface area contributed by atoms with Gasteiger partial charge in [0.05, 0.1) is 11.2 Å². The van der Waals surface area contributed by atoms with Gasteiger partial charge in [-0.1, -0.05) is 12.1 Å². The number of nitrogens with one attached hydrogen (secondary N) is 1. The molecule has 0 spiro atoms. The van der Waals surface area contributed by atoms with Gasteiger partial charge in [-0.2, -0.15) is 5.26 Å². The van der Waals surface area contributed by atoms with Crippen LogP contribution < -0.4 is 10.1 Å². The lowest BCUT2D eigenvalue weighted by atomic mass is 10.0. The predicted molar refractivity (Wildman–Crippen MR) is 73.3 cm³/mol. The fourth-order valence-corrected chi connectivity index (χ4v) is 2.14. The van der Waals surface area contributed by atoms with Gasteiger partial charge >= 0.3 is 0 Å². The molecule has 1 heterocycles. The van der Waals surface area contributed by atoms with Crippen LogP contribution in [0.15, 0.2) is 24.3 Å². The monoisotopic (exact) mass is 274 g/mol. The summed E-state index contributed by atoms with van der Waals surface area (Å²) in [7, 11) is 0. The standard InChI is InChI=1S/C15H18N2O3/c1-15(7-4-8-20-15)11-17-14(18)10-19-13-6-3-2-5-12(13)9-16/h2-3,5-6H,4,7-8,10-11H2,1H3,(H,17,18). The van der Waals surface area contributed by atoms with Crippen molar-refractivity contribution in [2.24, 2.45) is 0 Å². The average molecular weight is 274 g/mol. The van der Waals surface area contributed by atoms with Crippen molar-refractivity contribution >= 4 is 5.91 Å². The Morgan fingerprint density at radius 3 is 3.05 bits per heavy atom. The minimum atomic E-state index is -0.264. The van der Waals surface area contributed by atoms with E-state index < -0.39 is 0 Å². The summed E-state index contributed by atoms with van der Waals surface area (Å²) in [5.74, 6) is 0.211. The topological polar surface area (TPSA) is 71.3 Å². The lowest BCUT2D eigenvalue weighted by Gasteiger charge is -2.23. The van der Waals surface area contributed by atoms with Gasteiger partial charge in [-0.3, -0.25) is 4.79 Å². The first kappa shape index (κ1) is 14.4. The van der Waals surface area contributed by atoms with Crippen molar-refractivity contribution in [2.45, 2.75) is 25.4 Å². The second-order valence-corrected chi connectivity index (χ2v) is 5.08. The number of nitrogens with zero attached hydrogens (tertiary/aromatic N) is 1. The number of carbonyl (C=O) groups excluding carboxylic acids is 1. The summed E-state index contributed by atoms with van der Waals surface area (Å²) in [4.78, 5) is 11.7. The van der Waals surface area contributed by atoms with Crippen molar-refractivity contribution in [2.75, 3.05) is 19.8 Å². The van der Waals surface area contributed by atoms with Crippen LogP contribution >= 0.6 is 0 Å². The summed E-state index contributed by atoms with van der Waals surface area (Å²) in [5.41, 5.74) is 0.159. The number of carbonyl (C=O) groups is 1. The average Bonchev–Trinajstić information content (AvgIpc) is 2.90. The Bertz CT molecular complexity index is 516. The van der Waals surface area contributed by atoms with Crippen molar-refractivity contribution in [1.29, 1.82) is 5.26 Å². The SMILES string of the molecule is CC1(CNC(=O)COc2ccccc2C#N)CCCO1. The first-order valence-corrected chi connectivity index (χ1v) is 6.65. The first-order chi connectivity index (χ1) is 9.63. The smallest absolute Gasteiger partial charge is 0.258 e.